The van der Waals surface area contributed by atoms with Gasteiger partial charge >= 0.3 is 0 Å². The summed E-state index contributed by atoms with van der Waals surface area (Å²) in [6, 6.07) is -1.65. The lowest BCUT2D eigenvalue weighted by Crippen LogP contribution is -2.55. The fourth-order valence-corrected chi connectivity index (χ4v) is 1.84. The van der Waals surface area contributed by atoms with Crippen molar-refractivity contribution in [3.63, 3.8) is 0 Å². The summed E-state index contributed by atoms with van der Waals surface area (Å²) in [4.78, 5) is 36.0. The average molecular weight is 331 g/mol. The molecule has 134 valence electrons. The molecule has 0 aliphatic rings. The molecule has 4 unspecified atom stereocenters. The first-order valence-electron chi connectivity index (χ1n) is 7.68. The third kappa shape index (κ3) is 7.40. The quantitative estimate of drug-likeness (QED) is 0.258. The summed E-state index contributed by atoms with van der Waals surface area (Å²) in [7, 11) is 1.46. The maximum atomic E-state index is 12.3. The first-order chi connectivity index (χ1) is 10.8. The molecule has 0 aromatic heterocycles. The van der Waals surface area contributed by atoms with Crippen LogP contribution in [0.25, 0.3) is 0 Å². The molecular weight excluding hydrogens is 302 g/mol. The number of likely N-dealkylation sites (N-methyl/N-ethyl adjacent to an activating group) is 1. The minimum Gasteiger partial charge on any atom is -0.393 e. The Morgan fingerprint density at radius 2 is 1.35 bits per heavy atom. The molecule has 0 saturated carbocycles. The molecule has 0 rings (SSSR count). The van der Waals surface area contributed by atoms with E-state index in [1.165, 1.54) is 14.0 Å². The number of amides is 3. The van der Waals surface area contributed by atoms with Gasteiger partial charge in [-0.25, -0.2) is 0 Å². The number of hydrogen-bond acceptors (Lipinski definition) is 6. The Labute approximate surface area is 136 Å². The van der Waals surface area contributed by atoms with Crippen LogP contribution in [-0.4, -0.2) is 61.2 Å². The van der Waals surface area contributed by atoms with E-state index < -0.39 is 35.9 Å². The zero-order valence-electron chi connectivity index (χ0n) is 14.0. The maximum absolute atomic E-state index is 12.3. The second-order valence-electron chi connectivity index (χ2n) is 5.42. The monoisotopic (exact) mass is 331 g/mol. The summed E-state index contributed by atoms with van der Waals surface area (Å²) in [6.45, 7) is 3.46. The van der Waals surface area contributed by atoms with Gasteiger partial charge in [0.15, 0.2) is 0 Å². The van der Waals surface area contributed by atoms with Crippen LogP contribution in [0.5, 0.6) is 0 Å². The van der Waals surface area contributed by atoms with Gasteiger partial charge in [0.25, 0.3) is 0 Å². The Morgan fingerprint density at radius 3 is 1.74 bits per heavy atom. The molecule has 0 spiro atoms. The van der Waals surface area contributed by atoms with E-state index in [0.717, 1.165) is 0 Å². The van der Waals surface area contributed by atoms with Crippen LogP contribution in [0.3, 0.4) is 0 Å². The van der Waals surface area contributed by atoms with Gasteiger partial charge < -0.3 is 32.5 Å². The summed E-state index contributed by atoms with van der Waals surface area (Å²) < 4.78 is 0. The molecular formula is C14H29N5O4. The molecule has 0 aliphatic carbocycles. The highest BCUT2D eigenvalue weighted by atomic mass is 16.3. The van der Waals surface area contributed by atoms with E-state index in [1.807, 2.05) is 0 Å². The molecule has 0 fully saturated rings. The smallest absolute Gasteiger partial charge is 0.243 e. The molecule has 0 aliphatic heterocycles. The minimum absolute atomic E-state index is 0.183. The van der Waals surface area contributed by atoms with Crippen LogP contribution in [0.4, 0.5) is 0 Å². The van der Waals surface area contributed by atoms with E-state index in [-0.39, 0.29) is 31.8 Å². The van der Waals surface area contributed by atoms with Crippen molar-refractivity contribution in [2.75, 3.05) is 20.1 Å². The Balaban J connectivity index is 4.89. The predicted molar refractivity (Wildman–Crippen MR) is 86.1 cm³/mol. The number of carbonyl (C=O) groups excluding carboxylic acids is 3. The highest BCUT2D eigenvalue weighted by Crippen LogP contribution is 2.04. The lowest BCUT2D eigenvalue weighted by molar-refractivity contribution is -0.134. The van der Waals surface area contributed by atoms with Crippen molar-refractivity contribution < 1.29 is 19.5 Å². The first-order valence-corrected chi connectivity index (χ1v) is 7.68. The minimum atomic E-state index is -0.876. The topological polar surface area (TPSA) is 160 Å². The van der Waals surface area contributed by atoms with Gasteiger partial charge in [-0.3, -0.25) is 14.4 Å². The van der Waals surface area contributed by atoms with Crippen molar-refractivity contribution in [1.82, 2.24) is 16.0 Å². The van der Waals surface area contributed by atoms with Crippen LogP contribution in [0, 0.1) is 5.92 Å². The van der Waals surface area contributed by atoms with Crippen LogP contribution in [-0.2, 0) is 14.4 Å². The number of nitrogens with one attached hydrogen (secondary N) is 3. The van der Waals surface area contributed by atoms with E-state index in [2.05, 4.69) is 16.0 Å². The van der Waals surface area contributed by atoms with Crippen LogP contribution in [0.15, 0.2) is 0 Å². The number of aliphatic hydroxyl groups excluding tert-OH is 1. The zero-order valence-corrected chi connectivity index (χ0v) is 14.0. The second kappa shape index (κ2) is 10.9. The molecule has 0 radical (unpaired) electrons. The average Bonchev–Trinajstić information content (AvgIpc) is 2.51. The lowest BCUT2D eigenvalue weighted by atomic mass is 10.0. The second-order valence-corrected chi connectivity index (χ2v) is 5.42. The molecule has 23 heavy (non-hydrogen) atoms. The van der Waals surface area contributed by atoms with Crippen molar-refractivity contribution in [1.29, 1.82) is 0 Å². The highest BCUT2D eigenvalue weighted by Gasteiger charge is 2.27. The van der Waals surface area contributed by atoms with E-state index in [0.29, 0.717) is 0 Å². The summed E-state index contributed by atoms with van der Waals surface area (Å²) in [5.74, 6) is -1.99. The van der Waals surface area contributed by atoms with Gasteiger partial charge in [-0.15, -0.1) is 0 Å². The van der Waals surface area contributed by atoms with Crippen molar-refractivity contribution in [3.8, 4) is 0 Å². The van der Waals surface area contributed by atoms with Gasteiger partial charge in [-0.05, 0) is 32.9 Å². The summed E-state index contributed by atoms with van der Waals surface area (Å²) in [5, 5.41) is 17.0. The van der Waals surface area contributed by atoms with E-state index in [4.69, 9.17) is 11.5 Å². The van der Waals surface area contributed by atoms with Crippen molar-refractivity contribution in [2.45, 2.75) is 44.9 Å². The van der Waals surface area contributed by atoms with E-state index >= 15 is 0 Å². The Kier molecular flexibility index (Phi) is 10.1. The standard InChI is InChI=1S/C14H29N5O4/c1-8(9(2)20)12(21)18-11(5-7-16)14(23)19-10(4-6-15)13(22)17-3/h8-11,20H,4-7,15-16H2,1-3H3,(H,17,22)(H,18,21)(H,19,23). The number of aliphatic hydroxyl groups is 1. The zero-order chi connectivity index (χ0) is 18.0. The van der Waals surface area contributed by atoms with Crippen LogP contribution >= 0.6 is 0 Å². The molecule has 9 heteroatoms. The van der Waals surface area contributed by atoms with Crippen molar-refractivity contribution >= 4 is 17.7 Å². The molecule has 4 atom stereocenters. The Bertz CT molecular complexity index is 403. The number of rotatable bonds is 10. The summed E-state index contributed by atoms with van der Waals surface area (Å²) >= 11 is 0. The molecule has 9 nitrogen and oxygen atoms in total. The van der Waals surface area contributed by atoms with Gasteiger partial charge in [0, 0.05) is 7.05 Å². The highest BCUT2D eigenvalue weighted by molar-refractivity contribution is 5.92. The Hall–Kier alpha value is -1.71. The molecule has 0 bridgehead atoms. The van der Waals surface area contributed by atoms with Crippen LogP contribution in [0.2, 0.25) is 0 Å². The van der Waals surface area contributed by atoms with Crippen LogP contribution in [0.1, 0.15) is 26.7 Å². The lowest BCUT2D eigenvalue weighted by Gasteiger charge is -2.24. The summed E-state index contributed by atoms with van der Waals surface area (Å²) in [6.07, 6.45) is -0.348. The fraction of sp³-hybridized carbons (Fsp3) is 0.786. The van der Waals surface area contributed by atoms with Gasteiger partial charge in [0.2, 0.25) is 17.7 Å². The molecule has 0 saturated heterocycles. The largest absolute Gasteiger partial charge is 0.393 e. The fourth-order valence-electron chi connectivity index (χ4n) is 1.84. The SMILES string of the molecule is CNC(=O)C(CCN)NC(=O)C(CCN)NC(=O)C(C)C(C)O. The molecule has 0 aromatic carbocycles. The molecule has 0 aromatic rings. The third-order valence-corrected chi connectivity index (χ3v) is 3.56. The molecule has 0 heterocycles. The van der Waals surface area contributed by atoms with Gasteiger partial charge in [0.1, 0.15) is 12.1 Å². The molecule has 3 amide bonds. The van der Waals surface area contributed by atoms with Gasteiger partial charge in [0.05, 0.1) is 12.0 Å². The predicted octanol–water partition coefficient (Wildman–Crippen LogP) is -2.58. The molecule has 8 N–H and O–H groups in total. The van der Waals surface area contributed by atoms with Gasteiger partial charge in [-0.2, -0.15) is 0 Å². The third-order valence-electron chi connectivity index (χ3n) is 3.56. The number of hydrogen-bond donors (Lipinski definition) is 6. The maximum Gasteiger partial charge on any atom is 0.243 e. The van der Waals surface area contributed by atoms with Crippen molar-refractivity contribution in [2.24, 2.45) is 17.4 Å². The first kappa shape index (κ1) is 21.3. The van der Waals surface area contributed by atoms with E-state index in [1.54, 1.807) is 6.92 Å². The normalized spacial score (nSPS) is 15.9. The number of nitrogens with two attached hydrogens (primary N) is 2. The van der Waals surface area contributed by atoms with Crippen molar-refractivity contribution in [3.05, 3.63) is 0 Å². The number of carbonyl (C=O) groups is 3. The van der Waals surface area contributed by atoms with Gasteiger partial charge in [-0.1, -0.05) is 6.92 Å². The summed E-state index contributed by atoms with van der Waals surface area (Å²) in [5.41, 5.74) is 10.9. The Morgan fingerprint density at radius 1 is 0.913 bits per heavy atom. The van der Waals surface area contributed by atoms with E-state index in [9.17, 15) is 19.5 Å². The van der Waals surface area contributed by atoms with Crippen LogP contribution < -0.4 is 27.4 Å².